The Kier molecular flexibility index (Phi) is 3.00. The molecule has 0 radical (unpaired) electrons. The second-order valence-corrected chi connectivity index (χ2v) is 3.91. The number of nitrogens with zero attached hydrogens (tertiary/aromatic N) is 3. The van der Waals surface area contributed by atoms with Crippen molar-refractivity contribution in [3.8, 4) is 0 Å². The molecule has 0 aliphatic heterocycles. The summed E-state index contributed by atoms with van der Waals surface area (Å²) in [5, 5.41) is 0. The van der Waals surface area contributed by atoms with Gasteiger partial charge in [-0.05, 0) is 19.4 Å². The van der Waals surface area contributed by atoms with Gasteiger partial charge in [0.15, 0.2) is 11.5 Å². The highest BCUT2D eigenvalue weighted by molar-refractivity contribution is 5.81. The fraction of sp³-hybridized carbons (Fsp3) is 0.500. The molecule has 0 bridgehead atoms. The molecule has 1 unspecified atom stereocenters. The normalized spacial score (nSPS) is 13.1. The lowest BCUT2D eigenvalue weighted by molar-refractivity contribution is 0.616. The van der Waals surface area contributed by atoms with E-state index in [1.165, 1.54) is 6.33 Å². The third-order valence-corrected chi connectivity index (χ3v) is 2.64. The van der Waals surface area contributed by atoms with Crippen molar-refractivity contribution in [2.45, 2.75) is 25.7 Å². The first-order valence-electron chi connectivity index (χ1n) is 5.38. The van der Waals surface area contributed by atoms with Crippen molar-refractivity contribution in [2.24, 2.45) is 5.73 Å². The zero-order valence-electron chi connectivity index (χ0n) is 9.27. The van der Waals surface area contributed by atoms with E-state index in [4.69, 9.17) is 11.5 Å². The third kappa shape index (κ3) is 1.96. The quantitative estimate of drug-likeness (QED) is 0.705. The van der Waals surface area contributed by atoms with Crippen LogP contribution in [0.25, 0.3) is 11.2 Å². The molecule has 2 rings (SSSR count). The number of anilines is 1. The minimum absolute atomic E-state index is 0.331. The van der Waals surface area contributed by atoms with Gasteiger partial charge in [0.2, 0.25) is 0 Å². The summed E-state index contributed by atoms with van der Waals surface area (Å²) in [7, 11) is 0. The lowest BCUT2D eigenvalue weighted by Gasteiger charge is -2.05. The van der Waals surface area contributed by atoms with Crippen LogP contribution in [0.5, 0.6) is 0 Å². The first-order valence-corrected chi connectivity index (χ1v) is 5.38. The first-order chi connectivity index (χ1) is 7.72. The molecule has 0 amide bonds. The Hall–Kier alpha value is -1.69. The Labute approximate surface area is 93.5 Å². The summed E-state index contributed by atoms with van der Waals surface area (Å²) in [6.07, 6.45) is 3.41. The molecule has 6 heteroatoms. The van der Waals surface area contributed by atoms with Gasteiger partial charge in [0.25, 0.3) is 0 Å². The van der Waals surface area contributed by atoms with Crippen LogP contribution < -0.4 is 11.5 Å². The van der Waals surface area contributed by atoms with Gasteiger partial charge in [-0.15, -0.1) is 0 Å². The van der Waals surface area contributed by atoms with Crippen LogP contribution >= 0.6 is 0 Å². The Morgan fingerprint density at radius 3 is 2.94 bits per heavy atom. The monoisotopic (exact) mass is 220 g/mol. The van der Waals surface area contributed by atoms with Gasteiger partial charge in [0.05, 0.1) is 0 Å². The van der Waals surface area contributed by atoms with E-state index in [1.807, 2.05) is 0 Å². The highest BCUT2D eigenvalue weighted by Gasteiger charge is 2.12. The molecule has 2 aromatic rings. The first kappa shape index (κ1) is 10.8. The van der Waals surface area contributed by atoms with Crippen LogP contribution in [-0.2, 0) is 0 Å². The summed E-state index contributed by atoms with van der Waals surface area (Å²) in [6.45, 7) is 2.81. The average molecular weight is 220 g/mol. The van der Waals surface area contributed by atoms with E-state index in [0.29, 0.717) is 23.9 Å². The summed E-state index contributed by atoms with van der Waals surface area (Å²) in [4.78, 5) is 15.6. The van der Waals surface area contributed by atoms with Crippen LogP contribution in [-0.4, -0.2) is 26.5 Å². The van der Waals surface area contributed by atoms with E-state index in [2.05, 4.69) is 26.9 Å². The maximum absolute atomic E-state index is 5.73. The number of nitrogens with one attached hydrogen (secondary N) is 1. The summed E-state index contributed by atoms with van der Waals surface area (Å²) in [5.41, 5.74) is 12.6. The smallest absolute Gasteiger partial charge is 0.183 e. The molecule has 5 N–H and O–H groups in total. The van der Waals surface area contributed by atoms with Gasteiger partial charge in [0, 0.05) is 5.92 Å². The van der Waals surface area contributed by atoms with Crippen LogP contribution in [0.15, 0.2) is 6.33 Å². The second kappa shape index (κ2) is 4.44. The Morgan fingerprint density at radius 1 is 1.44 bits per heavy atom. The van der Waals surface area contributed by atoms with Crippen molar-refractivity contribution in [1.29, 1.82) is 0 Å². The number of nitrogens with two attached hydrogens (primary N) is 2. The highest BCUT2D eigenvalue weighted by atomic mass is 15.0. The maximum Gasteiger partial charge on any atom is 0.183 e. The van der Waals surface area contributed by atoms with Crippen LogP contribution in [0.2, 0.25) is 0 Å². The Morgan fingerprint density at radius 2 is 2.25 bits per heavy atom. The number of fused-ring (bicyclic) bond motifs is 1. The van der Waals surface area contributed by atoms with Crippen molar-refractivity contribution in [3.05, 3.63) is 12.2 Å². The SMILES string of the molecule is CC(CCCN)c1nc2ncnc(N)c2[nH]1. The van der Waals surface area contributed by atoms with E-state index in [0.717, 1.165) is 24.2 Å². The zero-order chi connectivity index (χ0) is 11.5. The number of imidazole rings is 1. The van der Waals surface area contributed by atoms with Gasteiger partial charge >= 0.3 is 0 Å². The third-order valence-electron chi connectivity index (χ3n) is 2.64. The summed E-state index contributed by atoms with van der Waals surface area (Å²) in [5.74, 6) is 1.67. The van der Waals surface area contributed by atoms with Crippen molar-refractivity contribution >= 4 is 17.0 Å². The molecule has 0 saturated heterocycles. The molecular formula is C10H16N6. The fourth-order valence-electron chi connectivity index (χ4n) is 1.66. The lowest BCUT2D eigenvalue weighted by atomic mass is 10.1. The minimum atomic E-state index is 0.331. The molecule has 0 aromatic carbocycles. The van der Waals surface area contributed by atoms with E-state index in [1.54, 1.807) is 0 Å². The van der Waals surface area contributed by atoms with E-state index >= 15 is 0 Å². The van der Waals surface area contributed by atoms with Gasteiger partial charge in [-0.3, -0.25) is 0 Å². The molecule has 0 aliphatic rings. The summed E-state index contributed by atoms with van der Waals surface area (Å²) >= 11 is 0. The van der Waals surface area contributed by atoms with Crippen molar-refractivity contribution < 1.29 is 0 Å². The molecule has 2 heterocycles. The zero-order valence-corrected chi connectivity index (χ0v) is 9.27. The fourth-order valence-corrected chi connectivity index (χ4v) is 1.66. The molecule has 0 saturated carbocycles. The molecule has 0 fully saturated rings. The van der Waals surface area contributed by atoms with Gasteiger partial charge in [-0.1, -0.05) is 6.92 Å². The average Bonchev–Trinajstić information content (AvgIpc) is 2.71. The molecule has 1 atom stereocenters. The summed E-state index contributed by atoms with van der Waals surface area (Å²) in [6, 6.07) is 0. The number of aromatic nitrogens is 4. The topological polar surface area (TPSA) is 106 Å². The molecular weight excluding hydrogens is 204 g/mol. The predicted octanol–water partition coefficient (Wildman–Crippen LogP) is 0.778. The number of aromatic amines is 1. The molecule has 86 valence electrons. The molecule has 6 nitrogen and oxygen atoms in total. The summed E-state index contributed by atoms with van der Waals surface area (Å²) < 4.78 is 0. The van der Waals surface area contributed by atoms with Crippen LogP contribution in [0.1, 0.15) is 31.5 Å². The Bertz CT molecular complexity index is 477. The Balaban J connectivity index is 2.29. The molecule has 0 spiro atoms. The number of rotatable bonds is 4. The van der Waals surface area contributed by atoms with E-state index in [9.17, 15) is 0 Å². The largest absolute Gasteiger partial charge is 0.382 e. The van der Waals surface area contributed by atoms with E-state index < -0.39 is 0 Å². The number of hydrogen-bond acceptors (Lipinski definition) is 5. The number of nitrogen functional groups attached to an aromatic ring is 1. The predicted molar refractivity (Wildman–Crippen MR) is 62.8 cm³/mol. The molecule has 0 aliphatic carbocycles. The van der Waals surface area contributed by atoms with Gasteiger partial charge in [-0.2, -0.15) is 0 Å². The van der Waals surface area contributed by atoms with Gasteiger partial charge < -0.3 is 16.5 Å². The van der Waals surface area contributed by atoms with Crippen LogP contribution in [0.4, 0.5) is 5.82 Å². The molecule has 16 heavy (non-hydrogen) atoms. The number of hydrogen-bond donors (Lipinski definition) is 3. The highest BCUT2D eigenvalue weighted by Crippen LogP contribution is 2.21. The van der Waals surface area contributed by atoms with Crippen molar-refractivity contribution in [2.75, 3.05) is 12.3 Å². The maximum atomic E-state index is 5.73. The minimum Gasteiger partial charge on any atom is -0.382 e. The van der Waals surface area contributed by atoms with Gasteiger partial charge in [-0.25, -0.2) is 15.0 Å². The second-order valence-electron chi connectivity index (χ2n) is 3.91. The van der Waals surface area contributed by atoms with Crippen molar-refractivity contribution in [1.82, 2.24) is 19.9 Å². The van der Waals surface area contributed by atoms with Crippen LogP contribution in [0, 0.1) is 0 Å². The lowest BCUT2D eigenvalue weighted by Crippen LogP contribution is -2.03. The van der Waals surface area contributed by atoms with Crippen molar-refractivity contribution in [3.63, 3.8) is 0 Å². The van der Waals surface area contributed by atoms with E-state index in [-0.39, 0.29) is 0 Å². The number of H-pyrrole nitrogens is 1. The van der Waals surface area contributed by atoms with Crippen LogP contribution in [0.3, 0.4) is 0 Å². The standard InChI is InChI=1S/C10H16N6/c1-6(3-2-4-11)9-15-7-8(12)13-5-14-10(7)16-9/h5-6H,2-4,11H2,1H3,(H3,12,13,14,15,16). The molecule has 2 aromatic heterocycles. The van der Waals surface area contributed by atoms with Gasteiger partial charge in [0.1, 0.15) is 17.7 Å².